The molecule has 0 aromatic carbocycles. The Bertz CT molecular complexity index is 953. The van der Waals surface area contributed by atoms with Gasteiger partial charge in [-0.3, -0.25) is 14.2 Å². The highest BCUT2D eigenvalue weighted by Gasteiger charge is 2.35. The van der Waals surface area contributed by atoms with E-state index in [0.717, 1.165) is 18.7 Å². The number of amides is 1. The maximum absolute atomic E-state index is 12.5. The highest BCUT2D eigenvalue weighted by molar-refractivity contribution is 7.17. The lowest BCUT2D eigenvalue weighted by Crippen LogP contribution is -2.36. The summed E-state index contributed by atoms with van der Waals surface area (Å²) in [6.07, 6.45) is 7.21. The van der Waals surface area contributed by atoms with E-state index in [-0.39, 0.29) is 24.1 Å². The lowest BCUT2D eigenvalue weighted by atomic mass is 10.1. The number of thiophene rings is 1. The van der Waals surface area contributed by atoms with Crippen molar-refractivity contribution in [2.24, 2.45) is 13.0 Å². The van der Waals surface area contributed by atoms with Gasteiger partial charge in [-0.2, -0.15) is 0 Å². The standard InChI is InChI=1S/C16H17N5O2S/c1-20-6-5-17-15(20)13(10-2-3-10)19-12(22)8-21-9-18-11-4-7-24-14(11)16(21)23/h4-7,9-10,13H,2-3,8H2,1H3,(H,19,22)/t13-/m1/s1. The fraction of sp³-hybridized carbons (Fsp3) is 0.375. The lowest BCUT2D eigenvalue weighted by molar-refractivity contribution is -0.122. The zero-order valence-corrected chi connectivity index (χ0v) is 14.0. The molecule has 4 rings (SSSR count). The summed E-state index contributed by atoms with van der Waals surface area (Å²) in [7, 11) is 1.92. The van der Waals surface area contributed by atoms with Crippen LogP contribution in [0.1, 0.15) is 24.7 Å². The van der Waals surface area contributed by atoms with Gasteiger partial charge in [0.1, 0.15) is 17.1 Å². The minimum atomic E-state index is -0.199. The molecule has 0 bridgehead atoms. The summed E-state index contributed by atoms with van der Waals surface area (Å²) >= 11 is 1.34. The molecule has 0 radical (unpaired) electrons. The molecule has 7 nitrogen and oxygen atoms in total. The first kappa shape index (κ1) is 15.1. The first-order valence-corrected chi connectivity index (χ1v) is 8.70. The second-order valence-electron chi connectivity index (χ2n) is 6.09. The second-order valence-corrected chi connectivity index (χ2v) is 7.01. The Balaban J connectivity index is 1.54. The molecule has 124 valence electrons. The van der Waals surface area contributed by atoms with Crippen LogP contribution < -0.4 is 10.9 Å². The number of nitrogens with one attached hydrogen (secondary N) is 1. The van der Waals surface area contributed by atoms with E-state index in [1.54, 1.807) is 12.3 Å². The lowest BCUT2D eigenvalue weighted by Gasteiger charge is -2.18. The van der Waals surface area contributed by atoms with Gasteiger partial charge in [-0.15, -0.1) is 11.3 Å². The number of nitrogens with zero attached hydrogens (tertiary/aromatic N) is 4. The minimum absolute atomic E-state index is 0.0344. The van der Waals surface area contributed by atoms with Crippen molar-refractivity contribution in [1.82, 2.24) is 24.4 Å². The van der Waals surface area contributed by atoms with Crippen molar-refractivity contribution in [1.29, 1.82) is 0 Å². The average molecular weight is 343 g/mol. The predicted octanol–water partition coefficient (Wildman–Crippen LogP) is 1.46. The topological polar surface area (TPSA) is 81.8 Å². The van der Waals surface area contributed by atoms with Crippen LogP contribution in [0.3, 0.4) is 0 Å². The van der Waals surface area contributed by atoms with Gasteiger partial charge in [-0.25, -0.2) is 9.97 Å². The number of rotatable bonds is 5. The summed E-state index contributed by atoms with van der Waals surface area (Å²) in [6, 6.07) is 1.70. The smallest absolute Gasteiger partial charge is 0.271 e. The fourth-order valence-electron chi connectivity index (χ4n) is 2.86. The zero-order valence-electron chi connectivity index (χ0n) is 13.2. The van der Waals surface area contributed by atoms with Crippen molar-refractivity contribution in [2.45, 2.75) is 25.4 Å². The summed E-state index contributed by atoms with van der Waals surface area (Å²) in [5, 5.41) is 4.86. The van der Waals surface area contributed by atoms with Gasteiger partial charge in [0.25, 0.3) is 5.56 Å². The summed E-state index contributed by atoms with van der Waals surface area (Å²) in [4.78, 5) is 33.4. The summed E-state index contributed by atoms with van der Waals surface area (Å²) < 4.78 is 3.86. The van der Waals surface area contributed by atoms with Gasteiger partial charge in [-0.05, 0) is 30.2 Å². The van der Waals surface area contributed by atoms with Gasteiger partial charge in [0.15, 0.2) is 0 Å². The maximum atomic E-state index is 12.5. The van der Waals surface area contributed by atoms with Crippen molar-refractivity contribution in [3.8, 4) is 0 Å². The Morgan fingerprint density at radius 3 is 3.00 bits per heavy atom. The van der Waals surface area contributed by atoms with E-state index in [9.17, 15) is 9.59 Å². The number of carbonyl (C=O) groups excluding carboxylic acids is 1. The number of carbonyl (C=O) groups is 1. The molecule has 24 heavy (non-hydrogen) atoms. The molecule has 1 saturated carbocycles. The third-order valence-corrected chi connectivity index (χ3v) is 5.19. The Kier molecular flexibility index (Phi) is 3.68. The normalized spacial score (nSPS) is 15.5. The molecule has 1 N–H and O–H groups in total. The van der Waals surface area contributed by atoms with E-state index in [1.807, 2.05) is 23.2 Å². The number of aromatic nitrogens is 4. The van der Waals surface area contributed by atoms with Crippen LogP contribution in [0, 0.1) is 5.92 Å². The van der Waals surface area contributed by atoms with E-state index < -0.39 is 0 Å². The number of fused-ring (bicyclic) bond motifs is 1. The van der Waals surface area contributed by atoms with Crippen LogP contribution in [0.15, 0.2) is 35.0 Å². The van der Waals surface area contributed by atoms with Gasteiger partial charge < -0.3 is 9.88 Å². The Labute approximate surface area is 142 Å². The number of aryl methyl sites for hydroxylation is 1. The van der Waals surface area contributed by atoms with Gasteiger partial charge in [0, 0.05) is 19.4 Å². The zero-order chi connectivity index (χ0) is 16.7. The van der Waals surface area contributed by atoms with Crippen LogP contribution in [0.4, 0.5) is 0 Å². The van der Waals surface area contributed by atoms with Crippen molar-refractivity contribution in [2.75, 3.05) is 0 Å². The average Bonchev–Trinajstić information content (AvgIpc) is 3.13. The highest BCUT2D eigenvalue weighted by atomic mass is 32.1. The van der Waals surface area contributed by atoms with Gasteiger partial charge in [0.05, 0.1) is 17.9 Å². The monoisotopic (exact) mass is 343 g/mol. The van der Waals surface area contributed by atoms with E-state index in [2.05, 4.69) is 15.3 Å². The third-order valence-electron chi connectivity index (χ3n) is 4.30. The molecule has 1 aliphatic carbocycles. The van der Waals surface area contributed by atoms with Gasteiger partial charge in [0.2, 0.25) is 5.91 Å². The van der Waals surface area contributed by atoms with Crippen LogP contribution in [-0.2, 0) is 18.4 Å². The van der Waals surface area contributed by atoms with E-state index >= 15 is 0 Å². The second kappa shape index (κ2) is 5.86. The number of imidazole rings is 1. The SMILES string of the molecule is Cn1ccnc1[C@H](NC(=O)Cn1cnc2ccsc2c1=O)C1CC1. The number of hydrogen-bond acceptors (Lipinski definition) is 5. The molecule has 3 heterocycles. The van der Waals surface area contributed by atoms with E-state index in [0.29, 0.717) is 16.1 Å². The molecule has 0 unspecified atom stereocenters. The molecule has 1 amide bonds. The highest BCUT2D eigenvalue weighted by Crippen LogP contribution is 2.40. The van der Waals surface area contributed by atoms with E-state index in [4.69, 9.17) is 0 Å². The van der Waals surface area contributed by atoms with Crippen LogP contribution in [-0.4, -0.2) is 25.0 Å². The maximum Gasteiger partial charge on any atom is 0.271 e. The minimum Gasteiger partial charge on any atom is -0.344 e. The van der Waals surface area contributed by atoms with Gasteiger partial charge >= 0.3 is 0 Å². The predicted molar refractivity (Wildman–Crippen MR) is 90.7 cm³/mol. The van der Waals surface area contributed by atoms with Crippen molar-refractivity contribution >= 4 is 27.5 Å². The molecular weight excluding hydrogens is 326 g/mol. The molecule has 1 fully saturated rings. The summed E-state index contributed by atoms with van der Waals surface area (Å²) in [5.41, 5.74) is 0.496. The molecule has 1 atom stereocenters. The first-order valence-electron chi connectivity index (χ1n) is 7.82. The molecule has 8 heteroatoms. The molecule has 1 aliphatic rings. The molecule has 0 spiro atoms. The molecule has 0 saturated heterocycles. The van der Waals surface area contributed by atoms with Crippen LogP contribution in [0.25, 0.3) is 10.2 Å². The van der Waals surface area contributed by atoms with Crippen LogP contribution in [0.2, 0.25) is 0 Å². The largest absolute Gasteiger partial charge is 0.344 e. The van der Waals surface area contributed by atoms with Gasteiger partial charge in [-0.1, -0.05) is 0 Å². The quantitative estimate of drug-likeness (QED) is 0.760. The van der Waals surface area contributed by atoms with Crippen LogP contribution in [0.5, 0.6) is 0 Å². The molecule has 0 aliphatic heterocycles. The van der Waals surface area contributed by atoms with Crippen molar-refractivity contribution in [3.63, 3.8) is 0 Å². The van der Waals surface area contributed by atoms with Crippen molar-refractivity contribution in [3.05, 3.63) is 46.3 Å². The van der Waals surface area contributed by atoms with Crippen molar-refractivity contribution < 1.29 is 4.79 Å². The fourth-order valence-corrected chi connectivity index (χ4v) is 3.66. The first-order chi connectivity index (χ1) is 11.6. The Morgan fingerprint density at radius 1 is 1.46 bits per heavy atom. The van der Waals surface area contributed by atoms with Crippen LogP contribution >= 0.6 is 11.3 Å². The Morgan fingerprint density at radius 2 is 2.29 bits per heavy atom. The molecular formula is C16H17N5O2S. The number of hydrogen-bond donors (Lipinski definition) is 1. The summed E-state index contributed by atoms with van der Waals surface area (Å²) in [5.74, 6) is 1.07. The third kappa shape index (κ3) is 2.73. The molecule has 3 aromatic rings. The molecule has 3 aromatic heterocycles. The summed E-state index contributed by atoms with van der Waals surface area (Å²) in [6.45, 7) is -0.0344. The Hall–Kier alpha value is -2.48. The van der Waals surface area contributed by atoms with E-state index in [1.165, 1.54) is 22.2 Å².